The zero-order valence-corrected chi connectivity index (χ0v) is 3.96. The summed E-state index contributed by atoms with van der Waals surface area (Å²) in [5.41, 5.74) is 4.17. The largest absolute Gasteiger partial charge is 0.471 e. The maximum Gasteiger partial charge on any atom is 0.292 e. The van der Waals surface area contributed by atoms with Crippen molar-refractivity contribution in [3.8, 4) is 0 Å². The van der Waals surface area contributed by atoms with E-state index in [2.05, 4.69) is 10.5 Å². The molecule has 0 heterocycles. The summed E-state index contributed by atoms with van der Waals surface area (Å²) in [6.45, 7) is 0.375. The summed E-state index contributed by atoms with van der Waals surface area (Å²) < 4.78 is 3.86. The fourth-order valence-electron chi connectivity index (χ4n) is 0. The van der Waals surface area contributed by atoms with Gasteiger partial charge in [0.2, 0.25) is 6.41 Å². The number of hydrogen-bond donors (Lipinski definition) is 1. The van der Waals surface area contributed by atoms with Crippen LogP contribution >= 0.6 is 0 Å². The zero-order chi connectivity index (χ0) is 6.12. The van der Waals surface area contributed by atoms with Crippen LogP contribution in [0.4, 0.5) is 0 Å². The normalized spacial score (nSPS) is 4.71. The zero-order valence-electron chi connectivity index (χ0n) is 3.96. The molecule has 0 bridgehead atoms. The van der Waals surface area contributed by atoms with Crippen molar-refractivity contribution in [2.24, 2.45) is 5.73 Å². The molecule has 2 N–H and O–H groups in total. The van der Waals surface area contributed by atoms with Crippen LogP contribution in [0, 0.1) is 0 Å². The molecule has 4 heteroatoms. The van der Waals surface area contributed by atoms with Gasteiger partial charge in [-0.15, -0.1) is 0 Å². The smallest absolute Gasteiger partial charge is 0.292 e. The molecule has 1 amide bonds. The molecule has 42 valence electrons. The molecule has 7 heavy (non-hydrogen) atoms. The molecule has 0 aliphatic carbocycles. The van der Waals surface area contributed by atoms with Crippen LogP contribution in [-0.2, 0) is 14.3 Å². The van der Waals surface area contributed by atoms with Crippen LogP contribution < -0.4 is 5.73 Å². The van der Waals surface area contributed by atoms with Crippen molar-refractivity contribution in [3.63, 3.8) is 0 Å². The Hall–Kier alpha value is -1.06. The van der Waals surface area contributed by atoms with Crippen LogP contribution in [0.2, 0.25) is 0 Å². The van der Waals surface area contributed by atoms with Gasteiger partial charge in [0.05, 0.1) is 7.11 Å². The van der Waals surface area contributed by atoms with Gasteiger partial charge in [-0.2, -0.15) is 0 Å². The first kappa shape index (κ1) is 9.34. The van der Waals surface area contributed by atoms with Gasteiger partial charge in [-0.3, -0.25) is 9.59 Å². The van der Waals surface area contributed by atoms with E-state index in [1.165, 1.54) is 7.11 Å². The summed E-state index contributed by atoms with van der Waals surface area (Å²) in [5.74, 6) is 0. The second kappa shape index (κ2) is 20.4. The molecule has 0 fully saturated rings. The number of hydrogen-bond acceptors (Lipinski definition) is 3. The van der Waals surface area contributed by atoms with Crippen LogP contribution in [0.15, 0.2) is 0 Å². The average molecular weight is 105 g/mol. The van der Waals surface area contributed by atoms with Gasteiger partial charge in [-0.25, -0.2) is 0 Å². The minimum absolute atomic E-state index is 0.250. The maximum absolute atomic E-state index is 8.95. The van der Waals surface area contributed by atoms with E-state index in [0.717, 1.165) is 0 Å². The molecule has 0 aromatic rings. The summed E-state index contributed by atoms with van der Waals surface area (Å²) in [5, 5.41) is 0. The van der Waals surface area contributed by atoms with Crippen molar-refractivity contribution < 1.29 is 14.3 Å². The van der Waals surface area contributed by atoms with Crippen LogP contribution in [-0.4, -0.2) is 20.0 Å². The molecule has 0 rings (SSSR count). The third kappa shape index (κ3) is 11900. The van der Waals surface area contributed by atoms with E-state index in [1.54, 1.807) is 0 Å². The Bertz CT molecular complexity index is 45.4. The van der Waals surface area contributed by atoms with Gasteiger partial charge < -0.3 is 10.5 Å². The topological polar surface area (TPSA) is 69.4 Å². The molecule has 0 aliphatic rings. The van der Waals surface area contributed by atoms with Crippen molar-refractivity contribution in [1.29, 1.82) is 0 Å². The minimum atomic E-state index is 0.250. The first-order valence-corrected chi connectivity index (χ1v) is 1.45. The Kier molecular flexibility index (Phi) is 27.2. The van der Waals surface area contributed by atoms with Crippen LogP contribution in [0.1, 0.15) is 0 Å². The van der Waals surface area contributed by atoms with E-state index in [4.69, 9.17) is 9.59 Å². The Morgan fingerprint density at radius 2 is 1.71 bits per heavy atom. The number of amides is 1. The predicted octanol–water partition coefficient (Wildman–Crippen LogP) is -1.11. The van der Waals surface area contributed by atoms with Gasteiger partial charge >= 0.3 is 0 Å². The highest BCUT2D eigenvalue weighted by Crippen LogP contribution is 1.35. The molecule has 0 saturated carbocycles. The molecule has 0 unspecified atom stereocenters. The molecule has 0 spiro atoms. The number of carbonyl (C=O) groups is 2. The number of rotatable bonds is 1. The van der Waals surface area contributed by atoms with E-state index < -0.39 is 0 Å². The number of carbonyl (C=O) groups excluding carboxylic acids is 2. The standard InChI is InChI=1S/C2H4O2.CH3NO/c1-4-2-3;2-1-3/h2H,1H3;1H,(H2,2,3). The van der Waals surface area contributed by atoms with Gasteiger partial charge in [0.1, 0.15) is 0 Å². The Labute approximate surface area is 41.3 Å². The van der Waals surface area contributed by atoms with Crippen molar-refractivity contribution in [2.75, 3.05) is 7.11 Å². The van der Waals surface area contributed by atoms with Gasteiger partial charge in [0.15, 0.2) is 0 Å². The molecular formula is C3H7NO3. The third-order valence-electron chi connectivity index (χ3n) is 0.0962. The summed E-state index contributed by atoms with van der Waals surface area (Å²) in [4.78, 5) is 17.5. The summed E-state index contributed by atoms with van der Waals surface area (Å²) in [7, 11) is 1.31. The van der Waals surface area contributed by atoms with Crippen molar-refractivity contribution in [2.45, 2.75) is 0 Å². The van der Waals surface area contributed by atoms with Gasteiger partial charge in [0.25, 0.3) is 6.47 Å². The Morgan fingerprint density at radius 1 is 1.57 bits per heavy atom. The second-order valence-corrected chi connectivity index (χ2v) is 0.468. The predicted molar refractivity (Wildman–Crippen MR) is 23.3 cm³/mol. The van der Waals surface area contributed by atoms with Crippen molar-refractivity contribution >= 4 is 12.9 Å². The molecule has 0 saturated heterocycles. The van der Waals surface area contributed by atoms with Crippen molar-refractivity contribution in [3.05, 3.63) is 0 Å². The lowest BCUT2D eigenvalue weighted by Gasteiger charge is -1.67. The Morgan fingerprint density at radius 3 is 1.71 bits per heavy atom. The van der Waals surface area contributed by atoms with Crippen molar-refractivity contribution in [1.82, 2.24) is 0 Å². The second-order valence-electron chi connectivity index (χ2n) is 0.468. The van der Waals surface area contributed by atoms with Crippen LogP contribution in [0.5, 0.6) is 0 Å². The summed E-state index contributed by atoms with van der Waals surface area (Å²) >= 11 is 0. The highest BCUT2D eigenvalue weighted by atomic mass is 16.5. The first-order valence-electron chi connectivity index (χ1n) is 1.45. The number of nitrogens with two attached hydrogens (primary N) is 1. The van der Waals surface area contributed by atoms with Crippen LogP contribution in [0.25, 0.3) is 0 Å². The van der Waals surface area contributed by atoms with E-state index in [1.807, 2.05) is 0 Å². The SMILES string of the molecule is COC=O.NC=O. The molecule has 0 aliphatic heterocycles. The van der Waals surface area contributed by atoms with E-state index in [0.29, 0.717) is 6.47 Å². The molecule has 0 aromatic carbocycles. The molecule has 0 aromatic heterocycles. The average Bonchev–Trinajstić information content (AvgIpc) is 1.69. The lowest BCUT2D eigenvalue weighted by Crippen LogP contribution is -1.82. The first-order chi connectivity index (χ1) is 3.33. The lowest BCUT2D eigenvalue weighted by atomic mass is 11.5. The fraction of sp³-hybridized carbons (Fsp3) is 0.333. The van der Waals surface area contributed by atoms with Crippen LogP contribution in [0.3, 0.4) is 0 Å². The van der Waals surface area contributed by atoms with Gasteiger partial charge in [-0.05, 0) is 0 Å². The quantitative estimate of drug-likeness (QED) is 0.430. The fourth-order valence-corrected chi connectivity index (χ4v) is 0. The van der Waals surface area contributed by atoms with E-state index in [9.17, 15) is 0 Å². The monoisotopic (exact) mass is 105 g/mol. The minimum Gasteiger partial charge on any atom is -0.471 e. The highest BCUT2D eigenvalue weighted by Gasteiger charge is 1.44. The third-order valence-corrected chi connectivity index (χ3v) is 0.0962. The van der Waals surface area contributed by atoms with E-state index >= 15 is 0 Å². The number of methoxy groups -OCH3 is 1. The van der Waals surface area contributed by atoms with E-state index in [-0.39, 0.29) is 6.41 Å². The number of ether oxygens (including phenoxy) is 1. The lowest BCUT2D eigenvalue weighted by molar-refractivity contribution is -0.126. The molecule has 0 atom stereocenters. The summed E-state index contributed by atoms with van der Waals surface area (Å²) in [6, 6.07) is 0. The molecule has 4 nitrogen and oxygen atoms in total. The Balaban J connectivity index is 0. The number of primary amides is 1. The van der Waals surface area contributed by atoms with Gasteiger partial charge in [-0.1, -0.05) is 0 Å². The molecule has 0 radical (unpaired) electrons. The highest BCUT2D eigenvalue weighted by molar-refractivity contribution is 5.42. The maximum atomic E-state index is 8.95. The molecular weight excluding hydrogens is 98.0 g/mol. The summed E-state index contributed by atoms with van der Waals surface area (Å²) in [6.07, 6.45) is 0.250. The van der Waals surface area contributed by atoms with Gasteiger partial charge in [0, 0.05) is 0 Å².